The van der Waals surface area contributed by atoms with E-state index in [1.807, 2.05) is 18.7 Å². The molecule has 0 fully saturated rings. The van der Waals surface area contributed by atoms with Gasteiger partial charge in [0.05, 0.1) is 0 Å². The predicted octanol–water partition coefficient (Wildman–Crippen LogP) is 3.78. The van der Waals surface area contributed by atoms with E-state index in [1.165, 1.54) is 12.2 Å². The lowest BCUT2D eigenvalue weighted by Gasteiger charge is -2.29. The second kappa shape index (κ2) is 10.6. The van der Waals surface area contributed by atoms with Crippen LogP contribution in [0.2, 0.25) is 0 Å². The Kier molecular flexibility index (Phi) is 10.4. The molecule has 0 amide bonds. The van der Waals surface area contributed by atoms with Crippen molar-refractivity contribution in [1.29, 1.82) is 0 Å². The van der Waals surface area contributed by atoms with E-state index in [0.29, 0.717) is 6.42 Å². The maximum absolute atomic E-state index is 11.5. The Morgan fingerprint density at radius 2 is 2.00 bits per heavy atom. The average Bonchev–Trinajstić information content (AvgIpc) is 2.36. The first-order chi connectivity index (χ1) is 8.98. The molecule has 0 aliphatic heterocycles. The van der Waals surface area contributed by atoms with Crippen LogP contribution in [0.25, 0.3) is 0 Å². The fourth-order valence-electron chi connectivity index (χ4n) is 1.99. The van der Waals surface area contributed by atoms with E-state index in [9.17, 15) is 9.90 Å². The molecule has 4 heteroatoms. The third kappa shape index (κ3) is 7.83. The largest absolute Gasteiger partial charge is 0.480 e. The van der Waals surface area contributed by atoms with Crippen LogP contribution in [0.5, 0.6) is 0 Å². The lowest BCUT2D eigenvalue weighted by atomic mass is 9.90. The second-order valence-corrected chi connectivity index (χ2v) is 6.79. The fourth-order valence-corrected chi connectivity index (χ4v) is 3.18. The summed E-state index contributed by atoms with van der Waals surface area (Å²) in [5, 5.41) is 12.7. The SMILES string of the molecule is CCCNC(CC)(CCCSCCC(C)C)C(=O)O. The Morgan fingerprint density at radius 3 is 2.47 bits per heavy atom. The molecular formula is C15H31NO2S. The van der Waals surface area contributed by atoms with Crippen LogP contribution in [-0.2, 0) is 4.79 Å². The molecule has 0 saturated carbocycles. The van der Waals surface area contributed by atoms with Gasteiger partial charge in [-0.1, -0.05) is 27.7 Å². The number of hydrogen-bond acceptors (Lipinski definition) is 3. The molecule has 0 aromatic heterocycles. The molecule has 2 N–H and O–H groups in total. The zero-order valence-electron chi connectivity index (χ0n) is 13.0. The van der Waals surface area contributed by atoms with Crippen molar-refractivity contribution in [2.75, 3.05) is 18.1 Å². The van der Waals surface area contributed by atoms with Crippen LogP contribution < -0.4 is 5.32 Å². The summed E-state index contributed by atoms with van der Waals surface area (Å²) in [6.07, 6.45) is 4.57. The van der Waals surface area contributed by atoms with Crippen LogP contribution >= 0.6 is 11.8 Å². The Balaban J connectivity index is 4.02. The second-order valence-electron chi connectivity index (χ2n) is 5.57. The van der Waals surface area contributed by atoms with Gasteiger partial charge < -0.3 is 10.4 Å². The Morgan fingerprint density at radius 1 is 1.32 bits per heavy atom. The third-order valence-electron chi connectivity index (χ3n) is 3.46. The summed E-state index contributed by atoms with van der Waals surface area (Å²) in [7, 11) is 0. The molecule has 0 aliphatic rings. The summed E-state index contributed by atoms with van der Waals surface area (Å²) in [5.74, 6) is 2.31. The van der Waals surface area contributed by atoms with Gasteiger partial charge in [-0.25, -0.2) is 0 Å². The summed E-state index contributed by atoms with van der Waals surface area (Å²) in [5.41, 5.74) is -0.714. The van der Waals surface area contributed by atoms with E-state index >= 15 is 0 Å². The van der Waals surface area contributed by atoms with Crippen LogP contribution in [0.15, 0.2) is 0 Å². The van der Waals surface area contributed by atoms with E-state index in [0.717, 1.165) is 37.5 Å². The molecule has 0 aliphatic carbocycles. The van der Waals surface area contributed by atoms with Crippen molar-refractivity contribution in [3.05, 3.63) is 0 Å². The van der Waals surface area contributed by atoms with Gasteiger partial charge >= 0.3 is 5.97 Å². The van der Waals surface area contributed by atoms with Crippen LogP contribution in [-0.4, -0.2) is 34.7 Å². The van der Waals surface area contributed by atoms with E-state index < -0.39 is 11.5 Å². The van der Waals surface area contributed by atoms with Crippen molar-refractivity contribution in [3.63, 3.8) is 0 Å². The number of nitrogens with one attached hydrogen (secondary N) is 1. The molecule has 0 aromatic rings. The molecule has 0 spiro atoms. The highest BCUT2D eigenvalue weighted by atomic mass is 32.2. The maximum Gasteiger partial charge on any atom is 0.323 e. The lowest BCUT2D eigenvalue weighted by molar-refractivity contribution is -0.145. The Hall–Kier alpha value is -0.220. The summed E-state index contributed by atoms with van der Waals surface area (Å²) >= 11 is 1.95. The molecule has 0 rings (SSSR count). The summed E-state index contributed by atoms with van der Waals surface area (Å²) < 4.78 is 0. The average molecular weight is 289 g/mol. The van der Waals surface area contributed by atoms with Gasteiger partial charge in [0.15, 0.2) is 0 Å². The predicted molar refractivity (Wildman–Crippen MR) is 85.0 cm³/mol. The van der Waals surface area contributed by atoms with Crippen LogP contribution in [0.4, 0.5) is 0 Å². The molecule has 114 valence electrons. The topological polar surface area (TPSA) is 49.3 Å². The Labute approximate surface area is 122 Å². The van der Waals surface area contributed by atoms with Crippen LogP contribution in [0.1, 0.15) is 59.8 Å². The molecule has 0 saturated heterocycles. The number of hydrogen-bond donors (Lipinski definition) is 2. The van der Waals surface area contributed by atoms with Gasteiger partial charge in [0.25, 0.3) is 0 Å². The summed E-state index contributed by atoms with van der Waals surface area (Å²) in [4.78, 5) is 11.5. The van der Waals surface area contributed by atoms with Gasteiger partial charge in [-0.15, -0.1) is 0 Å². The minimum absolute atomic E-state index is 0.652. The molecule has 0 radical (unpaired) electrons. The minimum atomic E-state index is -0.714. The summed E-state index contributed by atoms with van der Waals surface area (Å²) in [6, 6.07) is 0. The van der Waals surface area contributed by atoms with Gasteiger partial charge in [0, 0.05) is 0 Å². The van der Waals surface area contributed by atoms with Crippen molar-refractivity contribution in [3.8, 4) is 0 Å². The monoisotopic (exact) mass is 289 g/mol. The van der Waals surface area contributed by atoms with E-state index in [1.54, 1.807) is 0 Å². The number of carbonyl (C=O) groups is 1. The van der Waals surface area contributed by atoms with Crippen LogP contribution in [0, 0.1) is 5.92 Å². The molecule has 1 atom stereocenters. The van der Waals surface area contributed by atoms with Crippen molar-refractivity contribution in [1.82, 2.24) is 5.32 Å². The Bertz CT molecular complexity index is 246. The van der Waals surface area contributed by atoms with Crippen molar-refractivity contribution >= 4 is 17.7 Å². The third-order valence-corrected chi connectivity index (χ3v) is 4.56. The molecule has 0 heterocycles. The lowest BCUT2D eigenvalue weighted by Crippen LogP contribution is -2.52. The number of thioether (sulfide) groups is 1. The van der Waals surface area contributed by atoms with Crippen molar-refractivity contribution in [2.24, 2.45) is 5.92 Å². The number of carboxylic acids is 1. The van der Waals surface area contributed by atoms with Gasteiger partial charge in [-0.2, -0.15) is 11.8 Å². The van der Waals surface area contributed by atoms with E-state index in [4.69, 9.17) is 0 Å². The van der Waals surface area contributed by atoms with Gasteiger partial charge in [0.2, 0.25) is 0 Å². The normalized spacial score (nSPS) is 14.6. The van der Waals surface area contributed by atoms with Crippen molar-refractivity contribution < 1.29 is 9.90 Å². The van der Waals surface area contributed by atoms with E-state index in [2.05, 4.69) is 26.1 Å². The highest BCUT2D eigenvalue weighted by Crippen LogP contribution is 2.20. The molecule has 1 unspecified atom stereocenters. The molecular weight excluding hydrogens is 258 g/mol. The smallest absolute Gasteiger partial charge is 0.323 e. The molecule has 0 aromatic carbocycles. The minimum Gasteiger partial charge on any atom is -0.480 e. The molecule has 19 heavy (non-hydrogen) atoms. The molecule has 3 nitrogen and oxygen atoms in total. The van der Waals surface area contributed by atoms with Gasteiger partial charge in [-0.05, 0) is 56.1 Å². The standard InChI is InChI=1S/C15H31NO2S/c1-5-10-16-15(6-2,14(17)18)9-7-11-19-12-8-13(3)4/h13,16H,5-12H2,1-4H3,(H,17,18). The first-order valence-corrected chi connectivity index (χ1v) is 8.70. The molecule has 0 bridgehead atoms. The van der Waals surface area contributed by atoms with Crippen LogP contribution in [0.3, 0.4) is 0 Å². The first kappa shape index (κ1) is 18.8. The van der Waals surface area contributed by atoms with Crippen molar-refractivity contribution in [2.45, 2.75) is 65.3 Å². The maximum atomic E-state index is 11.5. The zero-order valence-corrected chi connectivity index (χ0v) is 13.8. The van der Waals surface area contributed by atoms with Gasteiger partial charge in [0.1, 0.15) is 5.54 Å². The highest BCUT2D eigenvalue weighted by molar-refractivity contribution is 7.99. The quantitative estimate of drug-likeness (QED) is 0.537. The zero-order chi connectivity index (χ0) is 14.7. The number of carboxylic acid groups (broad SMARTS) is 1. The number of rotatable bonds is 12. The highest BCUT2D eigenvalue weighted by Gasteiger charge is 2.34. The fraction of sp³-hybridized carbons (Fsp3) is 0.933. The van der Waals surface area contributed by atoms with Gasteiger partial charge in [-0.3, -0.25) is 4.79 Å². The van der Waals surface area contributed by atoms with E-state index in [-0.39, 0.29) is 0 Å². The summed E-state index contributed by atoms with van der Waals surface area (Å²) in [6.45, 7) is 9.28. The number of aliphatic carboxylic acids is 1. The first-order valence-electron chi connectivity index (χ1n) is 7.54.